The lowest BCUT2D eigenvalue weighted by atomic mass is 10.1. The van der Waals surface area contributed by atoms with Gasteiger partial charge in [-0.05, 0) is 31.0 Å². The Morgan fingerprint density at radius 2 is 2.10 bits per heavy atom. The molecular weight excluding hydrogens is 124 g/mol. The van der Waals surface area contributed by atoms with E-state index in [4.69, 9.17) is 4.74 Å². The lowest BCUT2D eigenvalue weighted by Gasteiger charge is -2.03. The smallest absolute Gasteiger partial charge is 0.121 e. The van der Waals surface area contributed by atoms with Crippen LogP contribution in [0.25, 0.3) is 0 Å². The minimum atomic E-state index is 0.924. The van der Waals surface area contributed by atoms with E-state index < -0.39 is 0 Å². The lowest BCUT2D eigenvalue weighted by Crippen LogP contribution is -1.86. The Balaban J connectivity index is 3.07. The maximum absolute atomic E-state index is 5.07. The molecule has 53 valence electrons. The third-order valence-corrected chi connectivity index (χ3v) is 1.46. The zero-order valence-electron chi connectivity index (χ0n) is 6.35. The predicted molar refractivity (Wildman–Crippen MR) is 42.2 cm³/mol. The molecule has 0 aliphatic heterocycles. The predicted octanol–water partition coefficient (Wildman–Crippen LogP) is 2.19. The maximum atomic E-state index is 5.07. The molecule has 10 heavy (non-hydrogen) atoms. The van der Waals surface area contributed by atoms with E-state index in [0.29, 0.717) is 0 Å². The van der Waals surface area contributed by atoms with Crippen molar-refractivity contribution in [3.8, 4) is 5.75 Å². The molecule has 1 heteroatoms. The molecule has 0 saturated heterocycles. The normalized spacial score (nSPS) is 9.50. The largest absolute Gasteiger partial charge is 0.496 e. The number of ether oxygens (including phenoxy) is 1. The lowest BCUT2D eigenvalue weighted by molar-refractivity contribution is 0.411. The average Bonchev–Trinajstić information content (AvgIpc) is 1.88. The molecule has 0 aliphatic rings. The molecule has 0 amide bonds. The van der Waals surface area contributed by atoms with E-state index in [9.17, 15) is 0 Å². The Morgan fingerprint density at radius 3 is 2.60 bits per heavy atom. The van der Waals surface area contributed by atoms with E-state index in [1.165, 1.54) is 0 Å². The summed E-state index contributed by atoms with van der Waals surface area (Å²) < 4.78 is 5.07. The molecular formula is C9H11O. The summed E-state index contributed by atoms with van der Waals surface area (Å²) in [5, 5.41) is 0. The van der Waals surface area contributed by atoms with Gasteiger partial charge in [-0.1, -0.05) is 12.1 Å². The summed E-state index contributed by atoms with van der Waals surface area (Å²) in [6.45, 7) is 5.81. The highest BCUT2D eigenvalue weighted by Gasteiger charge is 1.94. The van der Waals surface area contributed by atoms with Gasteiger partial charge in [0.05, 0.1) is 7.11 Å². The fourth-order valence-corrected chi connectivity index (χ4v) is 0.941. The Bertz CT molecular complexity index is 228. The van der Waals surface area contributed by atoms with E-state index in [-0.39, 0.29) is 0 Å². The number of methoxy groups -OCH3 is 1. The summed E-state index contributed by atoms with van der Waals surface area (Å²) in [4.78, 5) is 0. The van der Waals surface area contributed by atoms with E-state index in [2.05, 4.69) is 6.92 Å². The van der Waals surface area contributed by atoms with Crippen molar-refractivity contribution in [2.75, 3.05) is 7.11 Å². The molecule has 1 radical (unpaired) electrons. The van der Waals surface area contributed by atoms with Crippen LogP contribution in [-0.4, -0.2) is 7.11 Å². The third kappa shape index (κ3) is 1.29. The molecule has 0 heterocycles. The van der Waals surface area contributed by atoms with Crippen molar-refractivity contribution < 1.29 is 4.74 Å². The molecule has 0 fully saturated rings. The van der Waals surface area contributed by atoms with Crippen molar-refractivity contribution in [1.29, 1.82) is 0 Å². The fraction of sp³-hybridized carbons (Fsp3) is 0.222. The molecule has 0 unspecified atom stereocenters. The van der Waals surface area contributed by atoms with Crippen LogP contribution >= 0.6 is 0 Å². The first kappa shape index (κ1) is 7.13. The topological polar surface area (TPSA) is 9.23 Å². The van der Waals surface area contributed by atoms with Gasteiger partial charge in [0.25, 0.3) is 0 Å². The zero-order valence-corrected chi connectivity index (χ0v) is 6.35. The number of hydrogen-bond acceptors (Lipinski definition) is 1. The van der Waals surface area contributed by atoms with Crippen LogP contribution in [0.3, 0.4) is 0 Å². The zero-order chi connectivity index (χ0) is 7.56. The molecule has 0 aliphatic carbocycles. The SMILES string of the molecule is [CH2]c1ccc(OC)c(C)c1. The number of aryl methyl sites for hydroxylation is 1. The van der Waals surface area contributed by atoms with E-state index >= 15 is 0 Å². The Kier molecular flexibility index (Phi) is 1.95. The van der Waals surface area contributed by atoms with Gasteiger partial charge in [0, 0.05) is 0 Å². The molecule has 1 aromatic carbocycles. The first-order valence-electron chi connectivity index (χ1n) is 3.20. The van der Waals surface area contributed by atoms with Crippen LogP contribution < -0.4 is 4.74 Å². The highest BCUT2D eigenvalue weighted by atomic mass is 16.5. The number of hydrogen-bond donors (Lipinski definition) is 0. The van der Waals surface area contributed by atoms with Crippen molar-refractivity contribution >= 4 is 0 Å². The van der Waals surface area contributed by atoms with Crippen molar-refractivity contribution in [3.05, 3.63) is 36.2 Å². The molecule has 0 bridgehead atoms. The van der Waals surface area contributed by atoms with Gasteiger partial charge in [0.15, 0.2) is 0 Å². The van der Waals surface area contributed by atoms with E-state index in [1.807, 2.05) is 25.1 Å². The molecule has 0 aromatic heterocycles. The second-order valence-electron chi connectivity index (χ2n) is 2.30. The van der Waals surface area contributed by atoms with Gasteiger partial charge in [-0.15, -0.1) is 0 Å². The standard InChI is InChI=1S/C9H11O/c1-7-4-5-9(10-3)8(2)6-7/h4-6H,1H2,2-3H3. The minimum Gasteiger partial charge on any atom is -0.496 e. The number of benzene rings is 1. The van der Waals surface area contributed by atoms with Gasteiger partial charge < -0.3 is 4.74 Å². The summed E-state index contributed by atoms with van der Waals surface area (Å²) in [5.74, 6) is 0.924. The summed E-state index contributed by atoms with van der Waals surface area (Å²) in [6, 6.07) is 5.86. The maximum Gasteiger partial charge on any atom is 0.121 e. The Labute approximate surface area is 61.6 Å². The summed E-state index contributed by atoms with van der Waals surface area (Å²) >= 11 is 0. The molecule has 0 N–H and O–H groups in total. The molecule has 0 saturated carbocycles. The highest BCUT2D eigenvalue weighted by Crippen LogP contribution is 2.17. The molecule has 0 atom stereocenters. The van der Waals surface area contributed by atoms with Crippen LogP contribution in [0.4, 0.5) is 0 Å². The fourth-order valence-electron chi connectivity index (χ4n) is 0.941. The molecule has 1 rings (SSSR count). The van der Waals surface area contributed by atoms with Crippen LogP contribution in [-0.2, 0) is 0 Å². The average molecular weight is 135 g/mol. The van der Waals surface area contributed by atoms with Crippen molar-refractivity contribution in [2.24, 2.45) is 0 Å². The second kappa shape index (κ2) is 2.74. The second-order valence-corrected chi connectivity index (χ2v) is 2.30. The van der Waals surface area contributed by atoms with Crippen LogP contribution in [0.5, 0.6) is 5.75 Å². The van der Waals surface area contributed by atoms with Crippen LogP contribution in [0.1, 0.15) is 11.1 Å². The first-order chi connectivity index (χ1) is 4.74. The van der Waals surface area contributed by atoms with Gasteiger partial charge in [-0.3, -0.25) is 0 Å². The van der Waals surface area contributed by atoms with Crippen LogP contribution in [0, 0.1) is 13.8 Å². The third-order valence-electron chi connectivity index (χ3n) is 1.46. The minimum absolute atomic E-state index is 0.924. The highest BCUT2D eigenvalue weighted by molar-refractivity contribution is 5.36. The quantitative estimate of drug-likeness (QED) is 0.573. The van der Waals surface area contributed by atoms with Crippen LogP contribution in [0.2, 0.25) is 0 Å². The Morgan fingerprint density at radius 1 is 1.40 bits per heavy atom. The molecule has 1 aromatic rings. The number of rotatable bonds is 1. The van der Waals surface area contributed by atoms with Gasteiger partial charge in [0.1, 0.15) is 5.75 Å². The van der Waals surface area contributed by atoms with Gasteiger partial charge >= 0.3 is 0 Å². The van der Waals surface area contributed by atoms with Crippen molar-refractivity contribution in [3.63, 3.8) is 0 Å². The first-order valence-corrected chi connectivity index (χ1v) is 3.20. The van der Waals surface area contributed by atoms with Crippen molar-refractivity contribution in [1.82, 2.24) is 0 Å². The van der Waals surface area contributed by atoms with Gasteiger partial charge in [0.2, 0.25) is 0 Å². The summed E-state index contributed by atoms with van der Waals surface area (Å²) in [7, 11) is 1.67. The van der Waals surface area contributed by atoms with Gasteiger partial charge in [-0.2, -0.15) is 0 Å². The van der Waals surface area contributed by atoms with E-state index in [0.717, 1.165) is 16.9 Å². The summed E-state index contributed by atoms with van der Waals surface area (Å²) in [6.07, 6.45) is 0. The van der Waals surface area contributed by atoms with Gasteiger partial charge in [-0.25, -0.2) is 0 Å². The molecule has 1 nitrogen and oxygen atoms in total. The molecule has 0 spiro atoms. The van der Waals surface area contributed by atoms with Crippen molar-refractivity contribution in [2.45, 2.75) is 6.92 Å². The Hall–Kier alpha value is -0.980. The summed E-state index contributed by atoms with van der Waals surface area (Å²) in [5.41, 5.74) is 2.16. The van der Waals surface area contributed by atoms with E-state index in [1.54, 1.807) is 7.11 Å². The van der Waals surface area contributed by atoms with Crippen LogP contribution in [0.15, 0.2) is 18.2 Å². The monoisotopic (exact) mass is 135 g/mol.